The number of amides is 1. The molecule has 0 bridgehead atoms. The molecule has 1 saturated heterocycles. The second-order valence-corrected chi connectivity index (χ2v) is 9.10. The van der Waals surface area contributed by atoms with Gasteiger partial charge >= 0.3 is 0 Å². The molecule has 0 aliphatic carbocycles. The standard InChI is InChI=1S/C29H31N3O5/c1-30(2)19-12-10-18(11-13-19)26-25(27(33)24-22(36-5)8-7-9-23(24)37-6)28(34)29(35)32(26)21-16-14-20(15-17-21)31(3)4/h7-17,26,33H,1-6H3/b27-25+. The van der Waals surface area contributed by atoms with E-state index < -0.39 is 17.7 Å². The molecule has 4 rings (SSSR count). The van der Waals surface area contributed by atoms with E-state index in [0.29, 0.717) is 22.7 Å². The molecule has 3 aromatic rings. The highest BCUT2D eigenvalue weighted by Gasteiger charge is 2.47. The number of methoxy groups -OCH3 is 2. The molecule has 192 valence electrons. The van der Waals surface area contributed by atoms with Crippen molar-refractivity contribution in [3.8, 4) is 11.5 Å². The number of benzene rings is 3. The Labute approximate surface area is 216 Å². The van der Waals surface area contributed by atoms with Crippen molar-refractivity contribution in [1.29, 1.82) is 0 Å². The summed E-state index contributed by atoms with van der Waals surface area (Å²) in [6.45, 7) is 0. The number of hydrogen-bond acceptors (Lipinski definition) is 7. The van der Waals surface area contributed by atoms with E-state index in [1.165, 1.54) is 19.1 Å². The van der Waals surface area contributed by atoms with Crippen molar-refractivity contribution < 1.29 is 24.2 Å². The highest BCUT2D eigenvalue weighted by atomic mass is 16.5. The molecule has 1 aliphatic heterocycles. The monoisotopic (exact) mass is 501 g/mol. The molecule has 1 amide bonds. The number of hydrogen-bond donors (Lipinski definition) is 1. The van der Waals surface area contributed by atoms with E-state index >= 15 is 0 Å². The van der Waals surface area contributed by atoms with Crippen LogP contribution in [-0.4, -0.2) is 59.2 Å². The second kappa shape index (κ2) is 10.3. The molecule has 1 N–H and O–H groups in total. The first-order valence-corrected chi connectivity index (χ1v) is 11.8. The smallest absolute Gasteiger partial charge is 0.300 e. The van der Waals surface area contributed by atoms with Gasteiger partial charge in [-0.25, -0.2) is 0 Å². The van der Waals surface area contributed by atoms with Crippen molar-refractivity contribution in [1.82, 2.24) is 0 Å². The molecule has 8 heteroatoms. The normalized spacial score (nSPS) is 16.6. The van der Waals surface area contributed by atoms with Gasteiger partial charge in [-0.05, 0) is 54.1 Å². The summed E-state index contributed by atoms with van der Waals surface area (Å²) >= 11 is 0. The minimum absolute atomic E-state index is 0.0397. The summed E-state index contributed by atoms with van der Waals surface area (Å²) in [5.41, 5.74) is 3.30. The third-order valence-electron chi connectivity index (χ3n) is 6.48. The minimum Gasteiger partial charge on any atom is -0.506 e. The largest absolute Gasteiger partial charge is 0.506 e. The van der Waals surface area contributed by atoms with Gasteiger partial charge in [0.15, 0.2) is 0 Å². The zero-order chi connectivity index (χ0) is 26.9. The van der Waals surface area contributed by atoms with Crippen molar-refractivity contribution in [3.05, 3.63) is 83.4 Å². The fourth-order valence-electron chi connectivity index (χ4n) is 4.50. The maximum Gasteiger partial charge on any atom is 0.300 e. The SMILES string of the molecule is COc1cccc(OC)c1/C(O)=C1\C(=O)C(=O)N(c2ccc(N(C)C)cc2)C1c1ccc(N(C)C)cc1. The van der Waals surface area contributed by atoms with Gasteiger partial charge in [0.2, 0.25) is 0 Å². The molecule has 0 aromatic heterocycles. The van der Waals surface area contributed by atoms with Gasteiger partial charge in [-0.2, -0.15) is 0 Å². The summed E-state index contributed by atoms with van der Waals surface area (Å²) in [7, 11) is 10.6. The molecule has 3 aromatic carbocycles. The number of aliphatic hydroxyl groups is 1. The summed E-state index contributed by atoms with van der Waals surface area (Å²) in [5.74, 6) is -1.24. The van der Waals surface area contributed by atoms with Crippen LogP contribution in [-0.2, 0) is 9.59 Å². The van der Waals surface area contributed by atoms with Gasteiger partial charge in [0.25, 0.3) is 11.7 Å². The Morgan fingerprint density at radius 2 is 1.27 bits per heavy atom. The maximum atomic E-state index is 13.5. The van der Waals surface area contributed by atoms with Crippen LogP contribution in [0.15, 0.2) is 72.3 Å². The molecule has 1 aliphatic rings. The molecular weight excluding hydrogens is 470 g/mol. The average Bonchev–Trinajstić information content (AvgIpc) is 3.17. The first-order valence-electron chi connectivity index (χ1n) is 11.8. The second-order valence-electron chi connectivity index (χ2n) is 9.10. The highest BCUT2D eigenvalue weighted by molar-refractivity contribution is 6.51. The van der Waals surface area contributed by atoms with Crippen molar-refractivity contribution in [3.63, 3.8) is 0 Å². The first kappa shape index (κ1) is 25.6. The summed E-state index contributed by atoms with van der Waals surface area (Å²) in [5, 5.41) is 11.6. The number of ether oxygens (including phenoxy) is 2. The summed E-state index contributed by atoms with van der Waals surface area (Å²) in [6.07, 6.45) is 0. The van der Waals surface area contributed by atoms with Crippen LogP contribution < -0.4 is 24.2 Å². The number of carbonyl (C=O) groups is 2. The topological polar surface area (TPSA) is 82.5 Å². The Hall–Kier alpha value is -4.46. The quantitative estimate of drug-likeness (QED) is 0.291. The Bertz CT molecular complexity index is 1320. The number of nitrogens with zero attached hydrogens (tertiary/aromatic N) is 3. The fraction of sp³-hybridized carbons (Fsp3) is 0.241. The maximum absolute atomic E-state index is 13.5. The molecule has 1 heterocycles. The van der Waals surface area contributed by atoms with E-state index in [-0.39, 0.29) is 16.9 Å². The lowest BCUT2D eigenvalue weighted by Gasteiger charge is -2.26. The number of Topliss-reactive ketones (excluding diaryl/α,β-unsaturated/α-hetero) is 1. The van der Waals surface area contributed by atoms with Crippen LogP contribution in [0, 0.1) is 0 Å². The first-order chi connectivity index (χ1) is 17.7. The van der Waals surface area contributed by atoms with Crippen LogP contribution in [0.2, 0.25) is 0 Å². The number of carbonyl (C=O) groups excluding carboxylic acids is 2. The van der Waals surface area contributed by atoms with Crippen molar-refractivity contribution >= 4 is 34.5 Å². The van der Waals surface area contributed by atoms with Crippen molar-refractivity contribution in [2.45, 2.75) is 6.04 Å². The van der Waals surface area contributed by atoms with E-state index in [1.54, 1.807) is 30.3 Å². The molecule has 1 atom stereocenters. The van der Waals surface area contributed by atoms with Gasteiger partial charge in [-0.15, -0.1) is 0 Å². The van der Waals surface area contributed by atoms with E-state index in [4.69, 9.17) is 9.47 Å². The summed E-state index contributed by atoms with van der Waals surface area (Å²) in [4.78, 5) is 32.4. The van der Waals surface area contributed by atoms with Crippen LogP contribution in [0.4, 0.5) is 17.1 Å². The highest BCUT2D eigenvalue weighted by Crippen LogP contribution is 2.45. The third kappa shape index (κ3) is 4.58. The van der Waals surface area contributed by atoms with Crippen LogP contribution in [0.1, 0.15) is 17.2 Å². The molecule has 0 spiro atoms. The van der Waals surface area contributed by atoms with Crippen LogP contribution in [0.5, 0.6) is 11.5 Å². The molecule has 0 saturated carbocycles. The van der Waals surface area contributed by atoms with Gasteiger partial charge < -0.3 is 24.4 Å². The lowest BCUT2D eigenvalue weighted by atomic mass is 9.94. The Balaban J connectivity index is 1.97. The van der Waals surface area contributed by atoms with E-state index in [2.05, 4.69) is 0 Å². The molecule has 0 radical (unpaired) electrons. The Morgan fingerprint density at radius 3 is 1.73 bits per heavy atom. The van der Waals surface area contributed by atoms with Crippen LogP contribution >= 0.6 is 0 Å². The Kier molecular flexibility index (Phi) is 7.11. The van der Waals surface area contributed by atoms with Crippen molar-refractivity contribution in [2.75, 3.05) is 57.1 Å². The molecule has 1 fully saturated rings. The number of anilines is 3. The number of rotatable bonds is 7. The Morgan fingerprint density at radius 1 is 0.784 bits per heavy atom. The van der Waals surface area contributed by atoms with Crippen molar-refractivity contribution in [2.24, 2.45) is 0 Å². The third-order valence-corrected chi connectivity index (χ3v) is 6.48. The molecule has 37 heavy (non-hydrogen) atoms. The van der Waals surface area contributed by atoms with Gasteiger partial charge in [0.1, 0.15) is 22.8 Å². The number of ketones is 1. The molecule has 8 nitrogen and oxygen atoms in total. The summed E-state index contributed by atoms with van der Waals surface area (Å²) in [6, 6.07) is 19.1. The number of aliphatic hydroxyl groups excluding tert-OH is 1. The average molecular weight is 502 g/mol. The van der Waals surface area contributed by atoms with E-state index in [1.807, 2.05) is 74.4 Å². The predicted octanol–water partition coefficient (Wildman–Crippen LogP) is 4.46. The molecular formula is C29H31N3O5. The lowest BCUT2D eigenvalue weighted by molar-refractivity contribution is -0.132. The van der Waals surface area contributed by atoms with E-state index in [9.17, 15) is 14.7 Å². The lowest BCUT2D eigenvalue weighted by Crippen LogP contribution is -2.29. The zero-order valence-electron chi connectivity index (χ0n) is 21.9. The van der Waals surface area contributed by atoms with Crippen LogP contribution in [0.25, 0.3) is 5.76 Å². The van der Waals surface area contributed by atoms with Gasteiger partial charge in [0, 0.05) is 45.3 Å². The van der Waals surface area contributed by atoms with E-state index in [0.717, 1.165) is 11.4 Å². The van der Waals surface area contributed by atoms with Crippen LogP contribution in [0.3, 0.4) is 0 Å². The predicted molar refractivity (Wildman–Crippen MR) is 146 cm³/mol. The van der Waals surface area contributed by atoms with Gasteiger partial charge in [0.05, 0.1) is 25.8 Å². The minimum atomic E-state index is -0.865. The molecule has 1 unspecified atom stereocenters. The fourth-order valence-corrected chi connectivity index (χ4v) is 4.50. The zero-order valence-corrected chi connectivity index (χ0v) is 21.9. The van der Waals surface area contributed by atoms with Gasteiger partial charge in [-0.3, -0.25) is 14.5 Å². The van der Waals surface area contributed by atoms with Gasteiger partial charge in [-0.1, -0.05) is 18.2 Å². The summed E-state index contributed by atoms with van der Waals surface area (Å²) < 4.78 is 10.9.